The largest absolute Gasteiger partial charge is 0.480 e. The van der Waals surface area contributed by atoms with Crippen LogP contribution in [-0.2, 0) is 14.8 Å². The van der Waals surface area contributed by atoms with Crippen LogP contribution in [0.1, 0.15) is 25.3 Å². The van der Waals surface area contributed by atoms with Crippen LogP contribution in [0.5, 0.6) is 0 Å². The summed E-state index contributed by atoms with van der Waals surface area (Å²) in [7, 11) is -3.82. The highest BCUT2D eigenvalue weighted by molar-refractivity contribution is 9.10. The molecule has 0 saturated carbocycles. The summed E-state index contributed by atoms with van der Waals surface area (Å²) >= 11 is 3.27. The number of carboxylic acids is 1. The van der Waals surface area contributed by atoms with Gasteiger partial charge in [-0.3, -0.25) is 4.79 Å². The Bertz CT molecular complexity index is 659. The molecule has 1 N–H and O–H groups in total. The number of aliphatic carboxylic acids is 1. The fraction of sp³-hybridized carbons (Fsp3) is 0.500. The van der Waals surface area contributed by atoms with Gasteiger partial charge in [0, 0.05) is 11.0 Å². The summed E-state index contributed by atoms with van der Waals surface area (Å²) in [5, 5.41) is 9.40. The first kappa shape index (κ1) is 16.5. The molecule has 1 heterocycles. The molecule has 0 amide bonds. The molecule has 2 rings (SSSR count). The van der Waals surface area contributed by atoms with Gasteiger partial charge in [0.15, 0.2) is 0 Å². The van der Waals surface area contributed by atoms with Crippen LogP contribution in [0.4, 0.5) is 0 Å². The van der Waals surface area contributed by atoms with Crippen molar-refractivity contribution in [1.82, 2.24) is 4.31 Å². The Morgan fingerprint density at radius 1 is 1.43 bits per heavy atom. The van der Waals surface area contributed by atoms with Crippen LogP contribution in [0.15, 0.2) is 27.6 Å². The highest BCUT2D eigenvalue weighted by Gasteiger charge is 2.41. The molecule has 1 saturated heterocycles. The zero-order chi connectivity index (χ0) is 15.8. The first-order chi connectivity index (χ1) is 9.75. The van der Waals surface area contributed by atoms with Gasteiger partial charge in [0.1, 0.15) is 6.04 Å². The number of aryl methyl sites for hydroxylation is 1. The van der Waals surface area contributed by atoms with E-state index in [2.05, 4.69) is 15.9 Å². The summed E-state index contributed by atoms with van der Waals surface area (Å²) in [6, 6.07) is 4.01. The number of piperidine rings is 1. The second-order valence-corrected chi connectivity index (χ2v) is 8.20. The second kappa shape index (κ2) is 6.06. The fourth-order valence-corrected chi connectivity index (χ4v) is 5.25. The number of benzene rings is 1. The molecular weight excluding hydrogens is 358 g/mol. The third kappa shape index (κ3) is 3.14. The molecule has 1 fully saturated rings. The van der Waals surface area contributed by atoms with E-state index < -0.39 is 22.0 Å². The Morgan fingerprint density at radius 2 is 2.10 bits per heavy atom. The number of hydrogen-bond donors (Lipinski definition) is 1. The van der Waals surface area contributed by atoms with Gasteiger partial charge < -0.3 is 5.11 Å². The number of carbonyl (C=O) groups is 1. The Balaban J connectivity index is 2.51. The van der Waals surface area contributed by atoms with E-state index in [9.17, 15) is 18.3 Å². The Kier molecular flexibility index (Phi) is 4.75. The quantitative estimate of drug-likeness (QED) is 0.880. The smallest absolute Gasteiger partial charge is 0.322 e. The van der Waals surface area contributed by atoms with E-state index in [4.69, 9.17) is 0 Å². The van der Waals surface area contributed by atoms with Gasteiger partial charge in [-0.25, -0.2) is 8.42 Å². The summed E-state index contributed by atoms with van der Waals surface area (Å²) in [6.45, 7) is 3.74. The number of nitrogens with zero attached hydrogens (tertiary/aromatic N) is 1. The summed E-state index contributed by atoms with van der Waals surface area (Å²) < 4.78 is 27.5. The second-order valence-electron chi connectivity index (χ2n) is 5.43. The van der Waals surface area contributed by atoms with Crippen LogP contribution < -0.4 is 0 Å². The lowest BCUT2D eigenvalue weighted by molar-refractivity contribution is -0.144. The van der Waals surface area contributed by atoms with Gasteiger partial charge in [0.2, 0.25) is 10.0 Å². The lowest BCUT2D eigenvalue weighted by atomic mass is 9.93. The predicted octanol–water partition coefficient (Wildman–Crippen LogP) is 2.63. The van der Waals surface area contributed by atoms with E-state index in [0.29, 0.717) is 16.5 Å². The lowest BCUT2D eigenvalue weighted by Crippen LogP contribution is -2.51. The van der Waals surface area contributed by atoms with E-state index in [1.165, 1.54) is 6.07 Å². The lowest BCUT2D eigenvalue weighted by Gasteiger charge is -2.36. The maximum atomic E-state index is 12.9. The molecule has 1 aliphatic rings. The molecular formula is C14H18BrNO4S. The maximum Gasteiger partial charge on any atom is 0.322 e. The van der Waals surface area contributed by atoms with Crippen LogP contribution in [0, 0.1) is 12.8 Å². The van der Waals surface area contributed by atoms with Crippen molar-refractivity contribution in [2.45, 2.75) is 37.6 Å². The molecule has 1 aromatic rings. The van der Waals surface area contributed by atoms with E-state index in [-0.39, 0.29) is 17.4 Å². The molecule has 0 bridgehead atoms. The van der Waals surface area contributed by atoms with Crippen molar-refractivity contribution in [1.29, 1.82) is 0 Å². The highest BCUT2D eigenvalue weighted by Crippen LogP contribution is 2.31. The summed E-state index contributed by atoms with van der Waals surface area (Å²) in [5.41, 5.74) is 0.612. The minimum absolute atomic E-state index is 0.164. The van der Waals surface area contributed by atoms with Crippen LogP contribution >= 0.6 is 15.9 Å². The van der Waals surface area contributed by atoms with E-state index in [0.717, 1.165) is 10.7 Å². The average Bonchev–Trinajstić information content (AvgIpc) is 2.40. The maximum absolute atomic E-state index is 12.9. The predicted molar refractivity (Wildman–Crippen MR) is 82.6 cm³/mol. The topological polar surface area (TPSA) is 74.7 Å². The standard InChI is InChI=1S/C14H18BrNO4S/c1-9-5-6-11(15)8-12(9)21(19,20)16-7-3-4-10(2)13(16)14(17)18/h5-6,8,10,13H,3-4,7H2,1-2H3,(H,17,18). The van der Waals surface area contributed by atoms with Gasteiger partial charge in [0.25, 0.3) is 0 Å². The number of sulfonamides is 1. The van der Waals surface area contributed by atoms with Crippen molar-refractivity contribution in [3.05, 3.63) is 28.2 Å². The zero-order valence-electron chi connectivity index (χ0n) is 11.9. The van der Waals surface area contributed by atoms with Crippen molar-refractivity contribution >= 4 is 31.9 Å². The van der Waals surface area contributed by atoms with E-state index in [1.807, 2.05) is 0 Å². The summed E-state index contributed by atoms with van der Waals surface area (Å²) in [4.78, 5) is 11.7. The van der Waals surface area contributed by atoms with Gasteiger partial charge in [-0.1, -0.05) is 28.9 Å². The van der Waals surface area contributed by atoms with Gasteiger partial charge in [0.05, 0.1) is 4.90 Å². The normalized spacial score (nSPS) is 24.0. The van der Waals surface area contributed by atoms with Gasteiger partial charge in [-0.15, -0.1) is 0 Å². The number of rotatable bonds is 3. The zero-order valence-corrected chi connectivity index (χ0v) is 14.3. The molecule has 0 aliphatic carbocycles. The van der Waals surface area contributed by atoms with Crippen molar-refractivity contribution in [2.24, 2.45) is 5.92 Å². The van der Waals surface area contributed by atoms with Crippen LogP contribution in [0.2, 0.25) is 0 Å². The first-order valence-electron chi connectivity index (χ1n) is 6.76. The van der Waals surface area contributed by atoms with Gasteiger partial charge in [-0.2, -0.15) is 4.31 Å². The monoisotopic (exact) mass is 375 g/mol. The van der Waals surface area contributed by atoms with Crippen molar-refractivity contribution < 1.29 is 18.3 Å². The Morgan fingerprint density at radius 3 is 2.71 bits per heavy atom. The van der Waals surface area contributed by atoms with Crippen LogP contribution in [0.3, 0.4) is 0 Å². The molecule has 2 atom stereocenters. The summed E-state index contributed by atoms with van der Waals surface area (Å²) in [5.74, 6) is -1.28. The third-order valence-corrected chi connectivity index (χ3v) is 6.39. The Labute approximate surface area is 133 Å². The molecule has 1 aliphatic heterocycles. The average molecular weight is 376 g/mol. The number of hydrogen-bond acceptors (Lipinski definition) is 3. The van der Waals surface area contributed by atoms with Crippen molar-refractivity contribution in [3.63, 3.8) is 0 Å². The van der Waals surface area contributed by atoms with Crippen LogP contribution in [-0.4, -0.2) is 36.4 Å². The molecule has 0 spiro atoms. The number of halogens is 1. The Hall–Kier alpha value is -0.920. The van der Waals surface area contributed by atoms with E-state index >= 15 is 0 Å². The van der Waals surface area contributed by atoms with Crippen molar-refractivity contribution in [2.75, 3.05) is 6.54 Å². The van der Waals surface area contributed by atoms with E-state index in [1.54, 1.807) is 26.0 Å². The van der Waals surface area contributed by atoms with Crippen LogP contribution in [0.25, 0.3) is 0 Å². The van der Waals surface area contributed by atoms with Gasteiger partial charge >= 0.3 is 5.97 Å². The molecule has 7 heteroatoms. The summed E-state index contributed by atoms with van der Waals surface area (Å²) in [6.07, 6.45) is 1.40. The molecule has 5 nitrogen and oxygen atoms in total. The molecule has 116 valence electrons. The van der Waals surface area contributed by atoms with Crippen molar-refractivity contribution in [3.8, 4) is 0 Å². The minimum atomic E-state index is -3.82. The van der Waals surface area contributed by atoms with Gasteiger partial charge in [-0.05, 0) is 43.4 Å². The third-order valence-electron chi connectivity index (χ3n) is 3.88. The highest BCUT2D eigenvalue weighted by atomic mass is 79.9. The fourth-order valence-electron chi connectivity index (χ4n) is 2.76. The molecule has 0 aromatic heterocycles. The number of carboxylic acid groups (broad SMARTS) is 1. The molecule has 0 radical (unpaired) electrons. The SMILES string of the molecule is Cc1ccc(Br)cc1S(=O)(=O)N1CCCC(C)C1C(=O)O. The molecule has 21 heavy (non-hydrogen) atoms. The first-order valence-corrected chi connectivity index (χ1v) is 8.99. The molecule has 1 aromatic carbocycles. The minimum Gasteiger partial charge on any atom is -0.480 e. The molecule has 2 unspecified atom stereocenters.